The molecule has 1 aromatic heterocycles. The van der Waals surface area contributed by atoms with Crippen molar-refractivity contribution in [2.24, 2.45) is 0 Å². The number of hydrogen-bond acceptors (Lipinski definition) is 1. The second kappa shape index (κ2) is 8.86. The minimum atomic E-state index is -1.68. The molecule has 0 radical (unpaired) electrons. The van der Waals surface area contributed by atoms with E-state index in [0.29, 0.717) is 0 Å². The Labute approximate surface area is 173 Å². The van der Waals surface area contributed by atoms with Crippen LogP contribution in [0, 0.1) is 6.92 Å². The van der Waals surface area contributed by atoms with Gasteiger partial charge in [-0.15, -0.1) is 11.3 Å². The van der Waals surface area contributed by atoms with Crippen molar-refractivity contribution in [3.63, 3.8) is 0 Å². The van der Waals surface area contributed by atoms with Crippen molar-refractivity contribution in [2.75, 3.05) is 6.16 Å². The zero-order chi connectivity index (χ0) is 19.2. The molecule has 2 heteroatoms. The van der Waals surface area contributed by atoms with Crippen molar-refractivity contribution in [3.8, 4) is 0 Å². The molecule has 0 bridgehead atoms. The predicted molar refractivity (Wildman–Crippen MR) is 127 cm³/mol. The minimum Gasteiger partial charge on any atom is -0.149 e. The molecule has 4 aromatic rings. The molecule has 0 unspecified atom stereocenters. The van der Waals surface area contributed by atoms with Crippen LogP contribution in [0.15, 0.2) is 102 Å². The molecule has 0 amide bonds. The summed E-state index contributed by atoms with van der Waals surface area (Å²) in [6.45, 7) is 2.19. The molecule has 140 valence electrons. The average molecular weight is 402 g/mol. The molecule has 28 heavy (non-hydrogen) atoms. The van der Waals surface area contributed by atoms with E-state index >= 15 is 0 Å². The highest BCUT2D eigenvalue weighted by Crippen LogP contribution is 2.55. The molecule has 0 nitrogen and oxygen atoms in total. The maximum absolute atomic E-state index is 2.35. The second-order valence-electron chi connectivity index (χ2n) is 7.23. The zero-order valence-corrected chi connectivity index (χ0v) is 18.0. The van der Waals surface area contributed by atoms with Gasteiger partial charge >= 0.3 is 0 Å². The fraction of sp³-hybridized carbons (Fsp3) is 0.154. The first-order chi connectivity index (χ1) is 13.8. The standard InChI is InChI=1S/C26H26PS/c1-22-20-26(28-21-22)18-11-19-27(23-12-5-2-6-13-23,24-14-7-3-8-15-24)25-16-9-4-10-17-25/h2-10,12-17,20-21H,11,18-19H2,1H3/q+1. The Morgan fingerprint density at radius 2 is 1.14 bits per heavy atom. The Balaban J connectivity index is 1.78. The average Bonchev–Trinajstić information content (AvgIpc) is 3.18. The highest BCUT2D eigenvalue weighted by molar-refractivity contribution is 7.95. The van der Waals surface area contributed by atoms with Crippen LogP contribution >= 0.6 is 18.6 Å². The number of hydrogen-bond donors (Lipinski definition) is 0. The summed E-state index contributed by atoms with van der Waals surface area (Å²) in [6, 6.07) is 35.9. The van der Waals surface area contributed by atoms with Crippen LogP contribution in [0.25, 0.3) is 0 Å². The molecule has 4 rings (SSSR count). The van der Waals surface area contributed by atoms with E-state index in [1.54, 1.807) is 0 Å². The van der Waals surface area contributed by atoms with Gasteiger partial charge in [0.25, 0.3) is 0 Å². The van der Waals surface area contributed by atoms with Crippen LogP contribution in [-0.4, -0.2) is 6.16 Å². The maximum Gasteiger partial charge on any atom is 0.112 e. The molecule has 0 saturated heterocycles. The molecule has 3 aromatic carbocycles. The van der Waals surface area contributed by atoms with Gasteiger partial charge in [-0.05, 0) is 73.2 Å². The summed E-state index contributed by atoms with van der Waals surface area (Å²) in [7, 11) is -1.68. The Kier molecular flexibility index (Phi) is 6.05. The Bertz CT molecular complexity index is 894. The lowest BCUT2D eigenvalue weighted by Gasteiger charge is -2.27. The first-order valence-electron chi connectivity index (χ1n) is 9.88. The molecule has 0 spiro atoms. The van der Waals surface area contributed by atoms with Gasteiger partial charge < -0.3 is 0 Å². The van der Waals surface area contributed by atoms with Gasteiger partial charge in [-0.1, -0.05) is 54.6 Å². The van der Waals surface area contributed by atoms with E-state index in [0.717, 1.165) is 6.42 Å². The molecule has 1 heterocycles. The fourth-order valence-electron chi connectivity index (χ4n) is 3.99. The molecule has 0 fully saturated rings. The lowest BCUT2D eigenvalue weighted by Crippen LogP contribution is -2.33. The van der Waals surface area contributed by atoms with Crippen molar-refractivity contribution < 1.29 is 0 Å². The van der Waals surface area contributed by atoms with Crippen molar-refractivity contribution in [2.45, 2.75) is 19.8 Å². The van der Waals surface area contributed by atoms with E-state index in [1.807, 2.05) is 11.3 Å². The summed E-state index contributed by atoms with van der Waals surface area (Å²) in [5.41, 5.74) is 1.38. The topological polar surface area (TPSA) is 0 Å². The molecule has 0 atom stereocenters. The van der Waals surface area contributed by atoms with Gasteiger partial charge in [-0.25, -0.2) is 0 Å². The molecule has 0 aliphatic carbocycles. The highest BCUT2D eigenvalue weighted by Gasteiger charge is 2.44. The van der Waals surface area contributed by atoms with Crippen molar-refractivity contribution in [1.29, 1.82) is 0 Å². The van der Waals surface area contributed by atoms with Crippen LogP contribution in [0.1, 0.15) is 16.9 Å². The zero-order valence-electron chi connectivity index (χ0n) is 16.3. The summed E-state index contributed by atoms with van der Waals surface area (Å²) < 4.78 is 0. The van der Waals surface area contributed by atoms with Crippen LogP contribution < -0.4 is 15.9 Å². The minimum absolute atomic E-state index is 1.16. The number of rotatable bonds is 7. The number of thiophene rings is 1. The van der Waals surface area contributed by atoms with Crippen LogP contribution in [0.5, 0.6) is 0 Å². The summed E-state index contributed by atoms with van der Waals surface area (Å²) in [6.07, 6.45) is 3.56. The normalized spacial score (nSPS) is 11.5. The summed E-state index contributed by atoms with van der Waals surface area (Å²) in [5, 5.41) is 6.71. The Morgan fingerprint density at radius 3 is 1.54 bits per heavy atom. The predicted octanol–water partition coefficient (Wildman–Crippen LogP) is 5.98. The molecular formula is C26H26PS+. The smallest absolute Gasteiger partial charge is 0.112 e. The Morgan fingerprint density at radius 1 is 0.679 bits per heavy atom. The van der Waals surface area contributed by atoms with Gasteiger partial charge in [0.05, 0.1) is 6.16 Å². The van der Waals surface area contributed by atoms with Crippen LogP contribution in [-0.2, 0) is 6.42 Å². The molecular weight excluding hydrogens is 375 g/mol. The van der Waals surface area contributed by atoms with E-state index in [4.69, 9.17) is 0 Å². The second-order valence-corrected chi connectivity index (χ2v) is 11.8. The number of benzene rings is 3. The van der Waals surface area contributed by atoms with E-state index in [2.05, 4.69) is 109 Å². The number of aryl methyl sites for hydroxylation is 2. The van der Waals surface area contributed by atoms with Gasteiger partial charge in [0.15, 0.2) is 0 Å². The van der Waals surface area contributed by atoms with Crippen molar-refractivity contribution in [3.05, 3.63) is 113 Å². The van der Waals surface area contributed by atoms with E-state index < -0.39 is 7.26 Å². The molecule has 0 aliphatic heterocycles. The van der Waals surface area contributed by atoms with Gasteiger partial charge in [0.2, 0.25) is 0 Å². The SMILES string of the molecule is Cc1csc(CCC[P+](c2ccccc2)(c2ccccc2)c2ccccc2)c1. The fourth-order valence-corrected chi connectivity index (χ4v) is 9.26. The van der Waals surface area contributed by atoms with Gasteiger partial charge in [-0.3, -0.25) is 0 Å². The van der Waals surface area contributed by atoms with Gasteiger partial charge in [0.1, 0.15) is 23.2 Å². The van der Waals surface area contributed by atoms with E-state index in [-0.39, 0.29) is 0 Å². The molecule has 0 N–H and O–H groups in total. The molecule has 0 aliphatic rings. The van der Waals surface area contributed by atoms with Crippen LogP contribution in [0.4, 0.5) is 0 Å². The lowest BCUT2D eigenvalue weighted by atomic mass is 10.2. The van der Waals surface area contributed by atoms with Crippen LogP contribution in [0.2, 0.25) is 0 Å². The molecule has 0 saturated carbocycles. The van der Waals surface area contributed by atoms with Gasteiger partial charge in [-0.2, -0.15) is 0 Å². The van der Waals surface area contributed by atoms with Crippen molar-refractivity contribution in [1.82, 2.24) is 0 Å². The Hall–Kier alpha value is -2.21. The van der Waals surface area contributed by atoms with Crippen molar-refractivity contribution >= 4 is 34.5 Å². The van der Waals surface area contributed by atoms with E-state index in [1.165, 1.54) is 38.9 Å². The summed E-state index contributed by atoms with van der Waals surface area (Å²) in [4.78, 5) is 1.50. The summed E-state index contributed by atoms with van der Waals surface area (Å²) >= 11 is 1.90. The third-order valence-electron chi connectivity index (χ3n) is 5.29. The van der Waals surface area contributed by atoms with Gasteiger partial charge in [0, 0.05) is 4.88 Å². The monoisotopic (exact) mass is 401 g/mol. The quantitative estimate of drug-likeness (QED) is 0.334. The summed E-state index contributed by atoms with van der Waals surface area (Å²) in [5.74, 6) is 0. The van der Waals surface area contributed by atoms with E-state index in [9.17, 15) is 0 Å². The highest BCUT2D eigenvalue weighted by atomic mass is 32.1. The van der Waals surface area contributed by atoms with Crippen LogP contribution in [0.3, 0.4) is 0 Å². The maximum atomic E-state index is 2.35. The third kappa shape index (κ3) is 3.97. The third-order valence-corrected chi connectivity index (χ3v) is 10.9. The lowest BCUT2D eigenvalue weighted by molar-refractivity contribution is 0.945. The largest absolute Gasteiger partial charge is 0.149 e. The first-order valence-corrected chi connectivity index (χ1v) is 12.7. The first kappa shape index (κ1) is 19.1.